The number of hydrogen-bond acceptors (Lipinski definition) is 3. The van der Waals surface area contributed by atoms with Crippen LogP contribution in [0.4, 0.5) is 0 Å². The number of likely N-dealkylation sites (N-methyl/N-ethyl adjacent to an activating group) is 1. The van der Waals surface area contributed by atoms with Gasteiger partial charge in [-0.05, 0) is 20.8 Å². The molecule has 0 aromatic carbocycles. The van der Waals surface area contributed by atoms with Gasteiger partial charge in [-0.15, -0.1) is 0 Å². The fourth-order valence-corrected chi connectivity index (χ4v) is 1.79. The average Bonchev–Trinajstić information content (AvgIpc) is 2.13. The van der Waals surface area contributed by atoms with E-state index in [9.17, 15) is 9.59 Å². The van der Waals surface area contributed by atoms with E-state index in [0.29, 0.717) is 6.54 Å². The Bertz CT molecular complexity index is 240. The van der Waals surface area contributed by atoms with Gasteiger partial charge in [0.25, 0.3) is 0 Å². The topological polar surface area (TPSA) is 40.6 Å². The van der Waals surface area contributed by atoms with E-state index < -0.39 is 0 Å². The highest BCUT2D eigenvalue weighted by Gasteiger charge is 2.30. The Hall–Kier alpha value is -0.900. The van der Waals surface area contributed by atoms with Gasteiger partial charge in [-0.25, -0.2) is 0 Å². The summed E-state index contributed by atoms with van der Waals surface area (Å²) in [4.78, 5) is 26.4. The SMILES string of the molecule is CCN1CCN(CC(C)=O)C(C)C1=O. The van der Waals surface area contributed by atoms with Crippen molar-refractivity contribution in [2.75, 3.05) is 26.2 Å². The molecule has 0 aliphatic carbocycles. The van der Waals surface area contributed by atoms with Crippen molar-refractivity contribution in [1.29, 1.82) is 0 Å². The van der Waals surface area contributed by atoms with E-state index in [4.69, 9.17) is 0 Å². The van der Waals surface area contributed by atoms with Crippen LogP contribution < -0.4 is 0 Å². The van der Waals surface area contributed by atoms with Gasteiger partial charge in [0.15, 0.2) is 0 Å². The van der Waals surface area contributed by atoms with Gasteiger partial charge in [0.1, 0.15) is 5.78 Å². The summed E-state index contributed by atoms with van der Waals surface area (Å²) < 4.78 is 0. The second-order valence-corrected chi connectivity index (χ2v) is 3.77. The Morgan fingerprint density at radius 2 is 2.14 bits per heavy atom. The average molecular weight is 198 g/mol. The van der Waals surface area contributed by atoms with Gasteiger partial charge < -0.3 is 4.90 Å². The standard InChI is InChI=1S/C10H18N2O2/c1-4-11-5-6-12(7-8(2)13)9(3)10(11)14/h9H,4-7H2,1-3H3. The van der Waals surface area contributed by atoms with E-state index in [2.05, 4.69) is 0 Å². The van der Waals surface area contributed by atoms with Crippen molar-refractivity contribution in [2.24, 2.45) is 0 Å². The Balaban J connectivity index is 2.59. The third-order valence-corrected chi connectivity index (χ3v) is 2.68. The lowest BCUT2D eigenvalue weighted by atomic mass is 10.1. The quantitative estimate of drug-likeness (QED) is 0.647. The van der Waals surface area contributed by atoms with Crippen LogP contribution in [-0.2, 0) is 9.59 Å². The van der Waals surface area contributed by atoms with Gasteiger partial charge in [0.2, 0.25) is 5.91 Å². The van der Waals surface area contributed by atoms with Gasteiger partial charge in [0.05, 0.1) is 12.6 Å². The normalized spacial score (nSPS) is 24.1. The molecule has 1 atom stereocenters. The first kappa shape index (κ1) is 11.2. The number of piperazine rings is 1. The van der Waals surface area contributed by atoms with Crippen LogP contribution in [0.1, 0.15) is 20.8 Å². The molecular weight excluding hydrogens is 180 g/mol. The molecule has 4 nitrogen and oxygen atoms in total. The third kappa shape index (κ3) is 2.32. The van der Waals surface area contributed by atoms with E-state index in [1.54, 1.807) is 6.92 Å². The van der Waals surface area contributed by atoms with Crippen LogP contribution in [0.3, 0.4) is 0 Å². The molecule has 14 heavy (non-hydrogen) atoms. The van der Waals surface area contributed by atoms with Crippen LogP contribution in [0.15, 0.2) is 0 Å². The van der Waals surface area contributed by atoms with Crippen LogP contribution in [0.25, 0.3) is 0 Å². The van der Waals surface area contributed by atoms with E-state index >= 15 is 0 Å². The zero-order chi connectivity index (χ0) is 10.7. The number of hydrogen-bond donors (Lipinski definition) is 0. The lowest BCUT2D eigenvalue weighted by molar-refractivity contribution is -0.141. The monoisotopic (exact) mass is 198 g/mol. The van der Waals surface area contributed by atoms with E-state index in [1.165, 1.54) is 0 Å². The molecule has 1 unspecified atom stereocenters. The van der Waals surface area contributed by atoms with Crippen LogP contribution in [0.5, 0.6) is 0 Å². The fraction of sp³-hybridized carbons (Fsp3) is 0.800. The third-order valence-electron chi connectivity index (χ3n) is 2.68. The molecule has 80 valence electrons. The summed E-state index contributed by atoms with van der Waals surface area (Å²) in [6.45, 7) is 8.11. The molecular formula is C10H18N2O2. The molecule has 1 aliphatic heterocycles. The van der Waals surface area contributed by atoms with Crippen LogP contribution >= 0.6 is 0 Å². The summed E-state index contributed by atoms with van der Waals surface area (Å²) in [6.07, 6.45) is 0. The van der Waals surface area contributed by atoms with Crippen molar-refractivity contribution < 1.29 is 9.59 Å². The largest absolute Gasteiger partial charge is 0.340 e. The summed E-state index contributed by atoms with van der Waals surface area (Å²) in [5.74, 6) is 0.259. The van der Waals surface area contributed by atoms with Crippen molar-refractivity contribution in [2.45, 2.75) is 26.8 Å². The van der Waals surface area contributed by atoms with E-state index in [1.807, 2.05) is 23.6 Å². The van der Waals surface area contributed by atoms with E-state index in [-0.39, 0.29) is 17.7 Å². The van der Waals surface area contributed by atoms with Crippen molar-refractivity contribution in [3.8, 4) is 0 Å². The maximum atomic E-state index is 11.7. The second kappa shape index (κ2) is 4.55. The molecule has 0 N–H and O–H groups in total. The zero-order valence-corrected chi connectivity index (χ0v) is 9.12. The minimum Gasteiger partial charge on any atom is -0.340 e. The Kier molecular flexibility index (Phi) is 3.63. The number of rotatable bonds is 3. The number of amides is 1. The molecule has 1 fully saturated rings. The fourth-order valence-electron chi connectivity index (χ4n) is 1.79. The number of ketones is 1. The number of Topliss-reactive ketones (excluding diaryl/α,β-unsaturated/α-hetero) is 1. The predicted molar refractivity (Wildman–Crippen MR) is 54.0 cm³/mol. The first-order valence-corrected chi connectivity index (χ1v) is 5.08. The molecule has 0 aromatic heterocycles. The number of nitrogens with zero attached hydrogens (tertiary/aromatic N) is 2. The molecule has 4 heteroatoms. The predicted octanol–water partition coefficient (Wildman–Crippen LogP) is 0.128. The van der Waals surface area contributed by atoms with Gasteiger partial charge in [-0.1, -0.05) is 0 Å². The van der Waals surface area contributed by atoms with Crippen molar-refractivity contribution in [1.82, 2.24) is 9.80 Å². The van der Waals surface area contributed by atoms with Crippen LogP contribution in [0, 0.1) is 0 Å². The first-order valence-electron chi connectivity index (χ1n) is 5.08. The minimum atomic E-state index is -0.146. The van der Waals surface area contributed by atoms with Crippen LogP contribution in [0.2, 0.25) is 0 Å². The highest BCUT2D eigenvalue weighted by atomic mass is 16.2. The molecule has 1 aliphatic rings. The first-order chi connectivity index (χ1) is 6.56. The van der Waals surface area contributed by atoms with Crippen molar-refractivity contribution in [3.05, 3.63) is 0 Å². The Morgan fingerprint density at radius 1 is 1.50 bits per heavy atom. The molecule has 1 rings (SSSR count). The summed E-state index contributed by atoms with van der Waals surface area (Å²) in [6, 6.07) is -0.146. The zero-order valence-electron chi connectivity index (χ0n) is 9.12. The Labute approximate surface area is 84.9 Å². The van der Waals surface area contributed by atoms with E-state index in [0.717, 1.165) is 19.6 Å². The van der Waals surface area contributed by atoms with Gasteiger partial charge in [-0.2, -0.15) is 0 Å². The number of carbonyl (C=O) groups is 2. The summed E-state index contributed by atoms with van der Waals surface area (Å²) in [5.41, 5.74) is 0. The van der Waals surface area contributed by atoms with Crippen molar-refractivity contribution in [3.63, 3.8) is 0 Å². The smallest absolute Gasteiger partial charge is 0.239 e. The van der Waals surface area contributed by atoms with Gasteiger partial charge in [0, 0.05) is 19.6 Å². The summed E-state index contributed by atoms with van der Waals surface area (Å²) in [7, 11) is 0. The van der Waals surface area contributed by atoms with Gasteiger partial charge in [-0.3, -0.25) is 14.5 Å². The minimum absolute atomic E-state index is 0.120. The molecule has 0 spiro atoms. The lowest BCUT2D eigenvalue weighted by Crippen LogP contribution is -2.56. The molecule has 1 amide bonds. The molecule has 0 radical (unpaired) electrons. The highest BCUT2D eigenvalue weighted by molar-refractivity contribution is 5.84. The maximum Gasteiger partial charge on any atom is 0.239 e. The lowest BCUT2D eigenvalue weighted by Gasteiger charge is -2.38. The highest BCUT2D eigenvalue weighted by Crippen LogP contribution is 2.10. The van der Waals surface area contributed by atoms with Crippen molar-refractivity contribution >= 4 is 11.7 Å². The second-order valence-electron chi connectivity index (χ2n) is 3.77. The van der Waals surface area contributed by atoms with Crippen LogP contribution in [-0.4, -0.2) is 53.7 Å². The molecule has 0 saturated carbocycles. The molecule has 0 bridgehead atoms. The number of carbonyl (C=O) groups excluding carboxylic acids is 2. The molecule has 1 saturated heterocycles. The summed E-state index contributed by atoms with van der Waals surface area (Å²) >= 11 is 0. The Morgan fingerprint density at radius 3 is 2.64 bits per heavy atom. The van der Waals surface area contributed by atoms with Gasteiger partial charge >= 0.3 is 0 Å². The molecule has 1 heterocycles. The summed E-state index contributed by atoms with van der Waals surface area (Å²) in [5, 5.41) is 0. The maximum absolute atomic E-state index is 11.7. The molecule has 0 aromatic rings.